The second-order valence-electron chi connectivity index (χ2n) is 9.77. The molecule has 11 nitrogen and oxygen atoms in total. The molecule has 0 radical (unpaired) electrons. The summed E-state index contributed by atoms with van der Waals surface area (Å²) in [6, 6.07) is 8.34. The topological polar surface area (TPSA) is 137 Å². The molecule has 0 spiro atoms. The van der Waals surface area contributed by atoms with E-state index < -0.39 is 35.6 Å². The first-order chi connectivity index (χ1) is 22.0. The Labute approximate surface area is 262 Å². The molecule has 0 unspecified atom stereocenters. The third-order valence-electron chi connectivity index (χ3n) is 5.89. The fourth-order valence-corrected chi connectivity index (χ4v) is 3.59. The Morgan fingerprint density at radius 1 is 1.00 bits per heavy atom. The Morgan fingerprint density at radius 3 is 2.23 bits per heavy atom. The summed E-state index contributed by atoms with van der Waals surface area (Å²) in [4.78, 5) is 31.4. The summed E-state index contributed by atoms with van der Waals surface area (Å²) in [6.07, 6.45) is -3.72. The summed E-state index contributed by atoms with van der Waals surface area (Å²) in [6.45, 7) is 4.83. The number of aromatic nitrogens is 4. The molecular formula is C29H27F7N8O3. The number of benzene rings is 2. The maximum absolute atomic E-state index is 14.8. The Morgan fingerprint density at radius 2 is 1.66 bits per heavy atom. The number of nitrogens with zero attached hydrogens (tertiary/aromatic N) is 5. The molecule has 2 heterocycles. The van der Waals surface area contributed by atoms with Crippen molar-refractivity contribution in [1.29, 1.82) is 0 Å². The van der Waals surface area contributed by atoms with Gasteiger partial charge in [-0.3, -0.25) is 9.48 Å². The average Bonchev–Trinajstić information content (AvgIpc) is 3.44. The van der Waals surface area contributed by atoms with E-state index in [1.54, 1.807) is 17.1 Å². The molecule has 0 saturated carbocycles. The standard InChI is InChI=1S/C27H26F4N8O.C2HF3O2/c1-4-24(40)34-19-9-10-22(28)23(13-19)36-25-21(17-5-7-18(8-6-17)27(29,30)31)15-32-26(37-25)35-20-14-33-39(16-20)12-11-38(2)3;3-2(4,5)1(6)7/h4-10,13-16H,1,11-12H2,2-3H3,(H,34,40)(H2,32,35,36,37);(H,6,7). The SMILES string of the molecule is C=CC(=O)Nc1ccc(F)c(Nc2nc(Nc3cnn(CCN(C)C)c3)ncc2-c2ccc(C(F)(F)F)cc2)c1.O=C(O)C(F)(F)F. The number of nitrogens with one attached hydrogen (secondary N) is 3. The molecule has 1 amide bonds. The van der Waals surface area contributed by atoms with E-state index in [2.05, 4.69) is 37.6 Å². The first-order valence-electron chi connectivity index (χ1n) is 13.2. The quantitative estimate of drug-likeness (QED) is 0.113. The minimum absolute atomic E-state index is 0.0313. The van der Waals surface area contributed by atoms with Gasteiger partial charge >= 0.3 is 18.3 Å². The number of aliphatic carboxylic acids is 1. The normalized spacial score (nSPS) is 11.4. The second kappa shape index (κ2) is 15.2. The number of carbonyl (C=O) groups excluding carboxylic acids is 1. The van der Waals surface area contributed by atoms with E-state index in [9.17, 15) is 35.5 Å². The van der Waals surface area contributed by atoms with Crippen molar-refractivity contribution < 1.29 is 45.4 Å². The van der Waals surface area contributed by atoms with E-state index in [4.69, 9.17) is 9.90 Å². The van der Waals surface area contributed by atoms with Gasteiger partial charge in [0.1, 0.15) is 11.6 Å². The maximum Gasteiger partial charge on any atom is 0.490 e. The summed E-state index contributed by atoms with van der Waals surface area (Å²) in [7, 11) is 3.91. The third-order valence-corrected chi connectivity index (χ3v) is 5.89. The lowest BCUT2D eigenvalue weighted by molar-refractivity contribution is -0.192. The number of likely N-dealkylation sites (N-methyl/N-ethyl adjacent to an activating group) is 1. The molecule has 0 aliphatic rings. The lowest BCUT2D eigenvalue weighted by atomic mass is 10.1. The van der Waals surface area contributed by atoms with Gasteiger partial charge in [0.05, 0.1) is 29.7 Å². The number of carboxylic acid groups (broad SMARTS) is 1. The van der Waals surface area contributed by atoms with Gasteiger partial charge < -0.3 is 26.0 Å². The van der Waals surface area contributed by atoms with Gasteiger partial charge in [0.2, 0.25) is 11.9 Å². The first kappa shape index (κ1) is 36.0. The van der Waals surface area contributed by atoms with Crippen LogP contribution in [0.3, 0.4) is 0 Å². The van der Waals surface area contributed by atoms with Crippen molar-refractivity contribution in [2.24, 2.45) is 0 Å². The Hall–Kier alpha value is -5.52. The van der Waals surface area contributed by atoms with E-state index in [0.29, 0.717) is 29.0 Å². The third kappa shape index (κ3) is 10.8. The summed E-state index contributed by atoms with van der Waals surface area (Å²) in [5.41, 5.74) is 0.745. The van der Waals surface area contributed by atoms with Crippen LogP contribution in [0.2, 0.25) is 0 Å². The van der Waals surface area contributed by atoms with Gasteiger partial charge in [-0.15, -0.1) is 0 Å². The fraction of sp³-hybridized carbons (Fsp3) is 0.207. The number of hydrogen-bond donors (Lipinski definition) is 4. The molecule has 47 heavy (non-hydrogen) atoms. The van der Waals surface area contributed by atoms with Crippen LogP contribution in [0.1, 0.15) is 5.56 Å². The van der Waals surface area contributed by atoms with E-state index in [-0.39, 0.29) is 17.5 Å². The highest BCUT2D eigenvalue weighted by atomic mass is 19.4. The van der Waals surface area contributed by atoms with Crippen molar-refractivity contribution in [3.05, 3.63) is 85.1 Å². The highest BCUT2D eigenvalue weighted by molar-refractivity contribution is 5.99. The monoisotopic (exact) mass is 668 g/mol. The van der Waals surface area contributed by atoms with Crippen LogP contribution in [0.15, 0.2) is 73.7 Å². The summed E-state index contributed by atoms with van der Waals surface area (Å²) in [5.74, 6) is -3.63. The van der Waals surface area contributed by atoms with Gasteiger partial charge in [0.15, 0.2) is 0 Å². The number of amides is 1. The number of carboxylic acids is 1. The van der Waals surface area contributed by atoms with Gasteiger partial charge in [-0.2, -0.15) is 36.4 Å². The fourth-order valence-electron chi connectivity index (χ4n) is 3.59. The molecule has 250 valence electrons. The molecule has 2 aromatic heterocycles. The van der Waals surface area contributed by atoms with E-state index >= 15 is 0 Å². The molecule has 0 fully saturated rings. The molecule has 4 rings (SSSR count). The minimum Gasteiger partial charge on any atom is -0.475 e. The predicted molar refractivity (Wildman–Crippen MR) is 159 cm³/mol. The van der Waals surface area contributed by atoms with Gasteiger partial charge in [-0.25, -0.2) is 14.2 Å². The second-order valence-corrected chi connectivity index (χ2v) is 9.77. The van der Waals surface area contributed by atoms with Gasteiger partial charge in [0.25, 0.3) is 0 Å². The Balaban J connectivity index is 0.000000771. The average molecular weight is 669 g/mol. The molecular weight excluding hydrogens is 641 g/mol. The zero-order valence-corrected chi connectivity index (χ0v) is 24.6. The number of carbonyl (C=O) groups is 2. The van der Waals surface area contributed by atoms with E-state index in [1.807, 2.05) is 19.0 Å². The molecule has 4 N–H and O–H groups in total. The predicted octanol–water partition coefficient (Wildman–Crippen LogP) is 6.30. The van der Waals surface area contributed by atoms with E-state index in [0.717, 1.165) is 30.8 Å². The van der Waals surface area contributed by atoms with Crippen LogP contribution in [0.4, 0.5) is 59.6 Å². The van der Waals surface area contributed by atoms with Crippen LogP contribution in [-0.2, 0) is 22.3 Å². The lowest BCUT2D eigenvalue weighted by Gasteiger charge is -2.15. The molecule has 0 saturated heterocycles. The first-order valence-corrected chi connectivity index (χ1v) is 13.2. The van der Waals surface area contributed by atoms with Gasteiger partial charge in [-0.05, 0) is 56.1 Å². The van der Waals surface area contributed by atoms with Crippen molar-refractivity contribution in [3.8, 4) is 11.1 Å². The molecule has 0 aliphatic carbocycles. The maximum atomic E-state index is 14.8. The van der Waals surface area contributed by atoms with Crippen LogP contribution >= 0.6 is 0 Å². The van der Waals surface area contributed by atoms with Crippen LogP contribution in [-0.4, -0.2) is 68.4 Å². The highest BCUT2D eigenvalue weighted by Gasteiger charge is 2.38. The van der Waals surface area contributed by atoms with Crippen LogP contribution < -0.4 is 16.0 Å². The molecule has 18 heteroatoms. The molecule has 2 aromatic carbocycles. The van der Waals surface area contributed by atoms with Crippen LogP contribution in [0.5, 0.6) is 0 Å². The minimum atomic E-state index is -5.08. The van der Waals surface area contributed by atoms with Crippen molar-refractivity contribution in [3.63, 3.8) is 0 Å². The van der Waals surface area contributed by atoms with E-state index in [1.165, 1.54) is 30.5 Å². The number of anilines is 5. The van der Waals surface area contributed by atoms with Gasteiger partial charge in [0, 0.05) is 30.2 Å². The van der Waals surface area contributed by atoms with Crippen molar-refractivity contribution >= 4 is 40.7 Å². The summed E-state index contributed by atoms with van der Waals surface area (Å²) in [5, 5.41) is 19.9. The van der Waals surface area contributed by atoms with Crippen molar-refractivity contribution in [2.75, 3.05) is 36.6 Å². The summed E-state index contributed by atoms with van der Waals surface area (Å²) < 4.78 is 87.6. The van der Waals surface area contributed by atoms with Gasteiger partial charge in [-0.1, -0.05) is 18.7 Å². The smallest absolute Gasteiger partial charge is 0.475 e. The summed E-state index contributed by atoms with van der Waals surface area (Å²) >= 11 is 0. The number of halogens is 7. The molecule has 0 bridgehead atoms. The number of rotatable bonds is 10. The Kier molecular flexibility index (Phi) is 11.6. The Bertz CT molecular complexity index is 1710. The number of alkyl halides is 6. The lowest BCUT2D eigenvalue weighted by Crippen LogP contribution is -2.21. The van der Waals surface area contributed by atoms with Crippen molar-refractivity contribution in [1.82, 2.24) is 24.6 Å². The molecule has 0 aliphatic heterocycles. The molecule has 4 aromatic rings. The zero-order valence-electron chi connectivity index (χ0n) is 24.6. The van der Waals surface area contributed by atoms with Crippen molar-refractivity contribution in [2.45, 2.75) is 18.9 Å². The van der Waals surface area contributed by atoms with Crippen LogP contribution in [0.25, 0.3) is 11.1 Å². The van der Waals surface area contributed by atoms with Crippen LogP contribution in [0, 0.1) is 5.82 Å². The number of hydrogen-bond acceptors (Lipinski definition) is 8. The molecule has 0 atom stereocenters. The largest absolute Gasteiger partial charge is 0.490 e. The zero-order chi connectivity index (χ0) is 34.9. The highest BCUT2D eigenvalue weighted by Crippen LogP contribution is 2.34.